The highest BCUT2D eigenvalue weighted by Crippen LogP contribution is 2.50. The van der Waals surface area contributed by atoms with E-state index in [2.05, 4.69) is 29.3 Å². The first kappa shape index (κ1) is 32.4. The number of amides is 1. The molecule has 2 heterocycles. The molecule has 0 saturated heterocycles. The molecule has 4 N–H and O–H groups in total. The Morgan fingerprint density at radius 1 is 0.976 bits per heavy atom. The smallest absolute Gasteiger partial charge is 0.328 e. The fourth-order valence-corrected chi connectivity index (χ4v) is 5.56. The predicted molar refractivity (Wildman–Crippen MR) is 157 cm³/mol. The summed E-state index contributed by atoms with van der Waals surface area (Å²) in [5.41, 5.74) is 4.24. The molecule has 1 aromatic heterocycles. The van der Waals surface area contributed by atoms with Gasteiger partial charge in [-0.05, 0) is 90.7 Å². The van der Waals surface area contributed by atoms with Crippen LogP contribution in [-0.2, 0) is 16.1 Å². The Hall–Kier alpha value is -4.12. The van der Waals surface area contributed by atoms with Gasteiger partial charge >= 0.3 is 11.9 Å². The summed E-state index contributed by atoms with van der Waals surface area (Å²) in [6.45, 7) is 9.76. The number of hydrogen-bond acceptors (Lipinski definition) is 7. The van der Waals surface area contributed by atoms with Gasteiger partial charge in [-0.15, -0.1) is 0 Å². The lowest BCUT2D eigenvalue weighted by Crippen LogP contribution is -2.46. The first-order valence-electron chi connectivity index (χ1n) is 13.9. The highest BCUT2D eigenvalue weighted by Gasteiger charge is 2.47. The van der Waals surface area contributed by atoms with E-state index in [4.69, 9.17) is 19.7 Å². The van der Waals surface area contributed by atoms with E-state index in [9.17, 15) is 19.2 Å². The van der Waals surface area contributed by atoms with E-state index in [0.717, 1.165) is 53.8 Å². The minimum Gasteiger partial charge on any atom is -0.478 e. The van der Waals surface area contributed by atoms with Gasteiger partial charge in [0.2, 0.25) is 0 Å². The lowest BCUT2D eigenvalue weighted by molar-refractivity contribution is -0.134. The van der Waals surface area contributed by atoms with Crippen LogP contribution >= 0.6 is 0 Å². The van der Waals surface area contributed by atoms with Crippen LogP contribution in [0.3, 0.4) is 0 Å². The highest BCUT2D eigenvalue weighted by atomic mass is 16.7. The number of carbonyl (C=O) groups is 3. The number of carboxylic acids is 2. The molecule has 0 radical (unpaired) electrons. The van der Waals surface area contributed by atoms with E-state index < -0.39 is 17.7 Å². The third-order valence-corrected chi connectivity index (χ3v) is 7.98. The maximum absolute atomic E-state index is 13.1. The van der Waals surface area contributed by atoms with Crippen molar-refractivity contribution in [3.8, 4) is 11.5 Å². The first-order chi connectivity index (χ1) is 19.6. The minimum atomic E-state index is -1.26. The number of nitrogens with one attached hydrogen (secondary N) is 2. The number of H-pyrrole nitrogens is 1. The summed E-state index contributed by atoms with van der Waals surface area (Å²) in [7, 11) is 4.28. The molecule has 1 saturated carbocycles. The minimum absolute atomic E-state index is 0.167. The first-order valence-corrected chi connectivity index (χ1v) is 13.9. The molecule has 2 aliphatic rings. The van der Waals surface area contributed by atoms with Crippen molar-refractivity contribution in [2.45, 2.75) is 78.7 Å². The molecule has 0 spiro atoms. The molecule has 1 fully saturated rings. The van der Waals surface area contributed by atoms with E-state index in [0.29, 0.717) is 41.0 Å². The zero-order valence-corrected chi connectivity index (χ0v) is 25.3. The van der Waals surface area contributed by atoms with Gasteiger partial charge in [0.1, 0.15) is 0 Å². The van der Waals surface area contributed by atoms with Crippen LogP contribution in [0.15, 0.2) is 29.1 Å². The van der Waals surface area contributed by atoms with Gasteiger partial charge in [-0.1, -0.05) is 0 Å². The number of aryl methyl sites for hydroxylation is 3. The van der Waals surface area contributed by atoms with Gasteiger partial charge in [-0.25, -0.2) is 9.59 Å². The Bertz CT molecular complexity index is 1420. The van der Waals surface area contributed by atoms with Gasteiger partial charge in [0.15, 0.2) is 11.5 Å². The molecular formula is C31H41N3O8. The van der Waals surface area contributed by atoms with Crippen LogP contribution in [0.1, 0.15) is 70.9 Å². The Balaban J connectivity index is 0.000000531. The van der Waals surface area contributed by atoms with E-state index in [-0.39, 0.29) is 18.0 Å². The van der Waals surface area contributed by atoms with Gasteiger partial charge in [0, 0.05) is 60.0 Å². The zero-order chi connectivity index (χ0) is 31.4. The third kappa shape index (κ3) is 7.58. The van der Waals surface area contributed by atoms with Gasteiger partial charge in [-0.2, -0.15) is 0 Å². The Kier molecular flexibility index (Phi) is 10.2. The lowest BCUT2D eigenvalue weighted by Gasteiger charge is -2.39. The maximum Gasteiger partial charge on any atom is 0.328 e. The second-order valence-corrected chi connectivity index (χ2v) is 11.3. The second kappa shape index (κ2) is 13.2. The number of fused-ring (bicyclic) bond motifs is 1. The van der Waals surface area contributed by atoms with Crippen LogP contribution in [0.25, 0.3) is 0 Å². The SMILES string of the molecule is Cc1cc(C)c(CNC(=O)c2cc(C)c3c(c2C)O[C@@](C)([C@H]2CC[C@H](N(C)C)CC2)O3)c(=O)[nH]1.O=C(O)C=CC(=O)O. The number of benzene rings is 1. The molecule has 0 bridgehead atoms. The highest BCUT2D eigenvalue weighted by molar-refractivity contribution is 5.97. The third-order valence-electron chi connectivity index (χ3n) is 7.98. The maximum atomic E-state index is 13.1. The monoisotopic (exact) mass is 583 g/mol. The van der Waals surface area contributed by atoms with Crippen molar-refractivity contribution in [3.05, 3.63) is 68.1 Å². The fraction of sp³-hybridized carbons (Fsp3) is 0.484. The number of ether oxygens (including phenoxy) is 2. The number of aliphatic carboxylic acids is 2. The van der Waals surface area contributed by atoms with E-state index >= 15 is 0 Å². The summed E-state index contributed by atoms with van der Waals surface area (Å²) in [5.74, 6) is -1.78. The second-order valence-electron chi connectivity index (χ2n) is 11.3. The van der Waals surface area contributed by atoms with Crippen LogP contribution < -0.4 is 20.3 Å². The van der Waals surface area contributed by atoms with Gasteiger partial charge in [-0.3, -0.25) is 9.59 Å². The average Bonchev–Trinajstić information content (AvgIpc) is 3.29. The van der Waals surface area contributed by atoms with Crippen LogP contribution in [0, 0.1) is 33.6 Å². The molecule has 1 atom stereocenters. The zero-order valence-electron chi connectivity index (χ0n) is 25.3. The number of carboxylic acid groups (broad SMARTS) is 2. The fourth-order valence-electron chi connectivity index (χ4n) is 5.56. The lowest BCUT2D eigenvalue weighted by atomic mass is 9.81. The Morgan fingerprint density at radius 2 is 1.55 bits per heavy atom. The number of pyridine rings is 1. The number of aromatic amines is 1. The van der Waals surface area contributed by atoms with Crippen LogP contribution in [-0.4, -0.2) is 63.9 Å². The number of aromatic nitrogens is 1. The average molecular weight is 584 g/mol. The summed E-state index contributed by atoms with van der Waals surface area (Å²) < 4.78 is 12.9. The number of hydrogen-bond donors (Lipinski definition) is 4. The van der Waals surface area contributed by atoms with Crippen LogP contribution in [0.4, 0.5) is 0 Å². The molecule has 0 unspecified atom stereocenters. The van der Waals surface area contributed by atoms with Crippen LogP contribution in [0.5, 0.6) is 11.5 Å². The molecule has 11 heteroatoms. The number of nitrogens with zero attached hydrogens (tertiary/aromatic N) is 1. The molecule has 1 aliphatic heterocycles. The molecule has 11 nitrogen and oxygen atoms in total. The van der Waals surface area contributed by atoms with Crippen molar-refractivity contribution in [1.82, 2.24) is 15.2 Å². The standard InChI is InChI=1S/C27H37N3O4.C4H4O4/c1-15-12-17(3)29-26(32)22(15)14-28-25(31)21-13-16(2)23-24(18(21)4)34-27(5,33-23)19-8-10-20(11-9-19)30(6)7;5-3(6)1-2-4(7)8/h12-13,19-20H,8-11,14H2,1-7H3,(H,28,31)(H,29,32);1-2H,(H,5,6)(H,7,8)/t19-,20-,27-;/m0./s1. The van der Waals surface area contributed by atoms with Crippen molar-refractivity contribution in [1.29, 1.82) is 0 Å². The summed E-state index contributed by atoms with van der Waals surface area (Å²) in [4.78, 5) is 49.6. The molecule has 228 valence electrons. The number of rotatable bonds is 7. The molecule has 42 heavy (non-hydrogen) atoms. The molecule has 4 rings (SSSR count). The summed E-state index contributed by atoms with van der Waals surface area (Å²) in [6, 6.07) is 4.37. The number of carbonyl (C=O) groups excluding carboxylic acids is 1. The van der Waals surface area contributed by atoms with E-state index in [1.165, 1.54) is 0 Å². The Morgan fingerprint density at radius 3 is 2.07 bits per heavy atom. The van der Waals surface area contributed by atoms with Crippen molar-refractivity contribution >= 4 is 17.8 Å². The van der Waals surface area contributed by atoms with E-state index in [1.807, 2.05) is 46.8 Å². The molecule has 1 aliphatic carbocycles. The quantitative estimate of drug-likeness (QED) is 0.355. The van der Waals surface area contributed by atoms with Crippen molar-refractivity contribution in [2.75, 3.05) is 14.1 Å². The molecule has 1 amide bonds. The molecule has 2 aromatic rings. The van der Waals surface area contributed by atoms with Crippen molar-refractivity contribution in [3.63, 3.8) is 0 Å². The Labute approximate surface area is 245 Å². The normalized spacial score (nSPS) is 21.1. The topological polar surface area (TPSA) is 158 Å². The molecular weight excluding hydrogens is 542 g/mol. The van der Waals surface area contributed by atoms with Gasteiger partial charge in [0.25, 0.3) is 17.3 Å². The summed E-state index contributed by atoms with van der Waals surface area (Å²) >= 11 is 0. The van der Waals surface area contributed by atoms with Gasteiger partial charge < -0.3 is 34.9 Å². The van der Waals surface area contributed by atoms with Crippen molar-refractivity contribution in [2.24, 2.45) is 5.92 Å². The summed E-state index contributed by atoms with van der Waals surface area (Å²) in [6.07, 6.45) is 5.45. The van der Waals surface area contributed by atoms with Crippen molar-refractivity contribution < 1.29 is 34.1 Å². The van der Waals surface area contributed by atoms with Crippen LogP contribution in [0.2, 0.25) is 0 Å². The largest absolute Gasteiger partial charge is 0.478 e. The van der Waals surface area contributed by atoms with Gasteiger partial charge in [0.05, 0.1) is 0 Å². The predicted octanol–water partition coefficient (Wildman–Crippen LogP) is 3.86. The van der Waals surface area contributed by atoms with E-state index in [1.54, 1.807) is 0 Å². The summed E-state index contributed by atoms with van der Waals surface area (Å²) in [5, 5.41) is 18.5. The molecule has 1 aromatic carbocycles.